The average Bonchev–Trinajstić information content (AvgIpc) is 3.21. The lowest BCUT2D eigenvalue weighted by Gasteiger charge is -2.34. The second-order valence-corrected chi connectivity index (χ2v) is 7.70. The summed E-state index contributed by atoms with van der Waals surface area (Å²) >= 11 is 0. The number of amides is 1. The standard InChI is InChI=1S/C24H22N2O4/c1-14-21(24(28)26-16-6-3-2-4-7-16)22(23-17(25-14)8-5-9-18(23)27)15-10-11-19-20(12-15)30-13-29-19/h2-4,6-7,10-12,22,25H,5,8-9,13H2,1H3,(H,26,28)/t22-/m1/s1. The van der Waals surface area contributed by atoms with Crippen LogP contribution in [0.2, 0.25) is 0 Å². The highest BCUT2D eigenvalue weighted by atomic mass is 16.7. The fourth-order valence-electron chi connectivity index (χ4n) is 4.43. The monoisotopic (exact) mass is 402 g/mol. The first-order chi connectivity index (χ1) is 14.6. The van der Waals surface area contributed by atoms with Crippen molar-refractivity contribution in [2.75, 3.05) is 12.1 Å². The number of ether oxygens (including phenoxy) is 2. The molecule has 6 nitrogen and oxygen atoms in total. The van der Waals surface area contributed by atoms with E-state index in [0.717, 1.165) is 29.8 Å². The van der Waals surface area contributed by atoms with Crippen LogP contribution >= 0.6 is 0 Å². The van der Waals surface area contributed by atoms with Crippen LogP contribution in [0.4, 0.5) is 5.69 Å². The zero-order valence-corrected chi connectivity index (χ0v) is 16.7. The first-order valence-electron chi connectivity index (χ1n) is 10.1. The van der Waals surface area contributed by atoms with E-state index in [0.29, 0.717) is 34.8 Å². The summed E-state index contributed by atoms with van der Waals surface area (Å²) in [7, 11) is 0. The molecule has 0 aromatic heterocycles. The molecule has 0 bridgehead atoms. The number of nitrogens with one attached hydrogen (secondary N) is 2. The summed E-state index contributed by atoms with van der Waals surface area (Å²) in [6, 6.07) is 15.0. The van der Waals surface area contributed by atoms with E-state index in [9.17, 15) is 9.59 Å². The average molecular weight is 402 g/mol. The van der Waals surface area contributed by atoms with Crippen molar-refractivity contribution < 1.29 is 19.1 Å². The second-order valence-electron chi connectivity index (χ2n) is 7.70. The van der Waals surface area contributed by atoms with Gasteiger partial charge in [0.2, 0.25) is 6.79 Å². The maximum Gasteiger partial charge on any atom is 0.254 e. The van der Waals surface area contributed by atoms with Gasteiger partial charge in [0, 0.05) is 40.6 Å². The van der Waals surface area contributed by atoms with Gasteiger partial charge in [-0.05, 0) is 49.6 Å². The zero-order valence-electron chi connectivity index (χ0n) is 16.7. The molecular weight excluding hydrogens is 380 g/mol. The molecule has 2 aromatic rings. The summed E-state index contributed by atoms with van der Waals surface area (Å²) in [5.74, 6) is 0.722. The molecule has 2 heterocycles. The topological polar surface area (TPSA) is 76.7 Å². The molecule has 2 N–H and O–H groups in total. The molecular formula is C24H22N2O4. The minimum absolute atomic E-state index is 0.0870. The van der Waals surface area contributed by atoms with E-state index in [1.54, 1.807) is 0 Å². The van der Waals surface area contributed by atoms with Gasteiger partial charge < -0.3 is 20.1 Å². The predicted octanol–water partition coefficient (Wildman–Crippen LogP) is 4.02. The molecule has 5 rings (SSSR count). The number of anilines is 1. The summed E-state index contributed by atoms with van der Waals surface area (Å²) < 4.78 is 11.0. The van der Waals surface area contributed by atoms with Crippen molar-refractivity contribution in [3.05, 3.63) is 76.6 Å². The Kier molecular flexibility index (Phi) is 4.54. The molecule has 0 fully saturated rings. The number of para-hydroxylation sites is 1. The van der Waals surface area contributed by atoms with E-state index >= 15 is 0 Å². The summed E-state index contributed by atoms with van der Waals surface area (Å²) in [5, 5.41) is 6.32. The van der Waals surface area contributed by atoms with Gasteiger partial charge in [0.05, 0.1) is 0 Å². The first-order valence-corrected chi connectivity index (χ1v) is 10.1. The molecule has 0 saturated carbocycles. The van der Waals surface area contributed by atoms with Gasteiger partial charge in [0.1, 0.15) is 0 Å². The Morgan fingerprint density at radius 3 is 2.70 bits per heavy atom. The minimum Gasteiger partial charge on any atom is -0.454 e. The number of allylic oxidation sites excluding steroid dienone is 3. The molecule has 1 aliphatic carbocycles. The number of carbonyl (C=O) groups excluding carboxylic acids is 2. The van der Waals surface area contributed by atoms with Crippen molar-refractivity contribution in [1.82, 2.24) is 5.32 Å². The lowest BCUT2D eigenvalue weighted by Crippen LogP contribution is -2.35. The maximum absolute atomic E-state index is 13.4. The van der Waals surface area contributed by atoms with Crippen LogP contribution in [0.25, 0.3) is 0 Å². The molecule has 1 atom stereocenters. The van der Waals surface area contributed by atoms with Gasteiger partial charge in [0.15, 0.2) is 17.3 Å². The van der Waals surface area contributed by atoms with E-state index < -0.39 is 5.92 Å². The van der Waals surface area contributed by atoms with E-state index in [1.807, 2.05) is 55.5 Å². The SMILES string of the molecule is CC1=C(C(=O)Nc2ccccc2)[C@@H](c2ccc3c(c2)OCO3)C2=C(CCCC2=O)N1. The number of rotatable bonds is 3. The molecule has 1 amide bonds. The van der Waals surface area contributed by atoms with Crippen LogP contribution in [0, 0.1) is 0 Å². The van der Waals surface area contributed by atoms with Crippen LogP contribution in [0.3, 0.4) is 0 Å². The Hall–Kier alpha value is -3.54. The summed E-state index contributed by atoms with van der Waals surface area (Å²) in [5.41, 5.74) is 4.47. The molecule has 3 aliphatic rings. The fourth-order valence-corrected chi connectivity index (χ4v) is 4.43. The summed E-state index contributed by atoms with van der Waals surface area (Å²) in [4.78, 5) is 26.3. The molecule has 0 radical (unpaired) electrons. The van der Waals surface area contributed by atoms with Gasteiger partial charge in [-0.1, -0.05) is 24.3 Å². The normalized spacial score (nSPS) is 20.0. The second kappa shape index (κ2) is 7.37. The van der Waals surface area contributed by atoms with E-state index in [1.165, 1.54) is 0 Å². The number of ketones is 1. The number of benzene rings is 2. The number of carbonyl (C=O) groups is 2. The van der Waals surface area contributed by atoms with Crippen molar-refractivity contribution >= 4 is 17.4 Å². The van der Waals surface area contributed by atoms with Crippen molar-refractivity contribution in [2.24, 2.45) is 0 Å². The van der Waals surface area contributed by atoms with E-state index in [2.05, 4.69) is 10.6 Å². The molecule has 2 aliphatic heterocycles. The first kappa shape index (κ1) is 18.5. The van der Waals surface area contributed by atoms with Crippen LogP contribution in [0.15, 0.2) is 71.1 Å². The van der Waals surface area contributed by atoms with Gasteiger partial charge in [-0.3, -0.25) is 9.59 Å². The summed E-state index contributed by atoms with van der Waals surface area (Å²) in [6.07, 6.45) is 2.11. The van der Waals surface area contributed by atoms with Crippen molar-refractivity contribution in [1.29, 1.82) is 0 Å². The smallest absolute Gasteiger partial charge is 0.254 e. The predicted molar refractivity (Wildman–Crippen MR) is 112 cm³/mol. The number of hydrogen-bond donors (Lipinski definition) is 2. The Morgan fingerprint density at radius 1 is 1.07 bits per heavy atom. The lowest BCUT2D eigenvalue weighted by molar-refractivity contribution is -0.116. The highest BCUT2D eigenvalue weighted by Crippen LogP contribution is 2.45. The number of Topliss-reactive ketones (excluding diaryl/α,β-unsaturated/α-hetero) is 1. The zero-order chi connectivity index (χ0) is 20.7. The van der Waals surface area contributed by atoms with E-state index in [4.69, 9.17) is 9.47 Å². The van der Waals surface area contributed by atoms with Gasteiger partial charge in [-0.25, -0.2) is 0 Å². The van der Waals surface area contributed by atoms with Gasteiger partial charge in [0.25, 0.3) is 5.91 Å². The minimum atomic E-state index is -0.452. The highest BCUT2D eigenvalue weighted by molar-refractivity contribution is 6.09. The molecule has 2 aromatic carbocycles. The lowest BCUT2D eigenvalue weighted by atomic mass is 9.75. The Labute approximate surface area is 174 Å². The van der Waals surface area contributed by atoms with Gasteiger partial charge in [-0.15, -0.1) is 0 Å². The van der Waals surface area contributed by atoms with Crippen LogP contribution in [0.1, 0.15) is 37.7 Å². The van der Waals surface area contributed by atoms with Crippen LogP contribution in [-0.4, -0.2) is 18.5 Å². The third kappa shape index (κ3) is 3.14. The highest BCUT2D eigenvalue weighted by Gasteiger charge is 2.39. The van der Waals surface area contributed by atoms with E-state index in [-0.39, 0.29) is 18.5 Å². The number of hydrogen-bond acceptors (Lipinski definition) is 5. The van der Waals surface area contributed by atoms with Gasteiger partial charge >= 0.3 is 0 Å². The largest absolute Gasteiger partial charge is 0.454 e. The molecule has 0 saturated heterocycles. The van der Waals surface area contributed by atoms with Crippen LogP contribution in [-0.2, 0) is 9.59 Å². The van der Waals surface area contributed by atoms with Crippen LogP contribution in [0.5, 0.6) is 11.5 Å². The van der Waals surface area contributed by atoms with Crippen molar-refractivity contribution in [3.63, 3.8) is 0 Å². The number of fused-ring (bicyclic) bond motifs is 1. The maximum atomic E-state index is 13.4. The molecule has 152 valence electrons. The number of dihydropyridines is 1. The Balaban J connectivity index is 1.60. The molecule has 0 unspecified atom stereocenters. The van der Waals surface area contributed by atoms with Crippen molar-refractivity contribution in [2.45, 2.75) is 32.1 Å². The third-order valence-corrected chi connectivity index (χ3v) is 5.78. The molecule has 30 heavy (non-hydrogen) atoms. The third-order valence-electron chi connectivity index (χ3n) is 5.78. The van der Waals surface area contributed by atoms with Crippen molar-refractivity contribution in [3.8, 4) is 11.5 Å². The molecule has 0 spiro atoms. The Morgan fingerprint density at radius 2 is 1.87 bits per heavy atom. The van der Waals surface area contributed by atoms with Gasteiger partial charge in [-0.2, -0.15) is 0 Å². The quantitative estimate of drug-likeness (QED) is 0.811. The summed E-state index contributed by atoms with van der Waals surface area (Å²) in [6.45, 7) is 2.07. The molecule has 6 heteroatoms. The van der Waals surface area contributed by atoms with Crippen LogP contribution < -0.4 is 20.1 Å². The Bertz CT molecular complexity index is 1100. The fraction of sp³-hybridized carbons (Fsp3) is 0.250.